The van der Waals surface area contributed by atoms with Crippen molar-refractivity contribution in [2.75, 3.05) is 22.5 Å². The fourth-order valence-corrected chi connectivity index (χ4v) is 2.77. The predicted octanol–water partition coefficient (Wildman–Crippen LogP) is 4.70. The van der Waals surface area contributed by atoms with E-state index in [0.717, 1.165) is 6.07 Å². The third-order valence-electron chi connectivity index (χ3n) is 4.27. The number of rotatable bonds is 7. The van der Waals surface area contributed by atoms with Gasteiger partial charge in [0.05, 0.1) is 17.5 Å². The number of hydrogen-bond donors (Lipinski definition) is 4. The summed E-state index contributed by atoms with van der Waals surface area (Å²) in [5.41, 5.74) is -1.19. The average Bonchev–Trinajstić information content (AvgIpc) is 3.30. The number of furan rings is 1. The first kappa shape index (κ1) is 23.4. The van der Waals surface area contributed by atoms with Gasteiger partial charge in [-0.15, -0.1) is 0 Å². The minimum absolute atomic E-state index is 0.0651. The van der Waals surface area contributed by atoms with Crippen LogP contribution in [0.3, 0.4) is 0 Å². The van der Waals surface area contributed by atoms with E-state index in [9.17, 15) is 27.6 Å². The molecule has 1 heterocycles. The predicted molar refractivity (Wildman–Crippen MR) is 115 cm³/mol. The van der Waals surface area contributed by atoms with E-state index in [4.69, 9.17) is 4.42 Å². The van der Waals surface area contributed by atoms with E-state index in [-0.39, 0.29) is 24.4 Å². The minimum atomic E-state index is -4.79. The molecule has 0 aliphatic carbocycles. The molecule has 0 bridgehead atoms. The molecule has 4 N–H and O–H groups in total. The number of amides is 4. The lowest BCUT2D eigenvalue weighted by molar-refractivity contribution is -0.136. The van der Waals surface area contributed by atoms with Gasteiger partial charge in [0.2, 0.25) is 5.91 Å². The Morgan fingerprint density at radius 3 is 2.27 bits per heavy atom. The first-order valence-electron chi connectivity index (χ1n) is 9.68. The van der Waals surface area contributed by atoms with E-state index in [2.05, 4.69) is 21.3 Å². The van der Waals surface area contributed by atoms with E-state index < -0.39 is 35.3 Å². The van der Waals surface area contributed by atoms with E-state index in [1.807, 2.05) is 0 Å². The molecule has 0 saturated heterocycles. The normalized spacial score (nSPS) is 10.9. The molecule has 0 fully saturated rings. The molecule has 4 amide bonds. The van der Waals surface area contributed by atoms with Gasteiger partial charge in [-0.2, -0.15) is 13.2 Å². The maximum Gasteiger partial charge on any atom is 0.418 e. The molecule has 2 aromatic carbocycles. The number of para-hydroxylation sites is 1. The van der Waals surface area contributed by atoms with E-state index in [1.54, 1.807) is 30.3 Å². The fraction of sp³-hybridized carbons (Fsp3) is 0.136. The molecule has 0 atom stereocenters. The van der Waals surface area contributed by atoms with Crippen molar-refractivity contribution in [2.24, 2.45) is 0 Å². The van der Waals surface area contributed by atoms with Crippen molar-refractivity contribution in [2.45, 2.75) is 12.6 Å². The van der Waals surface area contributed by atoms with Gasteiger partial charge in [-0.05, 0) is 42.5 Å². The molecule has 0 saturated carbocycles. The van der Waals surface area contributed by atoms with Gasteiger partial charge in [-0.1, -0.05) is 18.2 Å². The summed E-state index contributed by atoms with van der Waals surface area (Å²) in [7, 11) is 0. The number of anilines is 3. The zero-order valence-electron chi connectivity index (χ0n) is 17.0. The molecule has 8 nitrogen and oxygen atoms in total. The van der Waals surface area contributed by atoms with Gasteiger partial charge in [0, 0.05) is 24.3 Å². The van der Waals surface area contributed by atoms with Crippen LogP contribution < -0.4 is 21.3 Å². The summed E-state index contributed by atoms with van der Waals surface area (Å²) in [5.74, 6) is -1.51. The Morgan fingerprint density at radius 1 is 0.848 bits per heavy atom. The number of halogens is 3. The number of carbonyl (C=O) groups is 3. The van der Waals surface area contributed by atoms with Gasteiger partial charge in [0.1, 0.15) is 0 Å². The van der Waals surface area contributed by atoms with E-state index in [0.29, 0.717) is 11.8 Å². The summed E-state index contributed by atoms with van der Waals surface area (Å²) in [6, 6.07) is 13.8. The van der Waals surface area contributed by atoms with Crippen LogP contribution in [0.15, 0.2) is 71.3 Å². The third-order valence-corrected chi connectivity index (χ3v) is 4.27. The Morgan fingerprint density at radius 2 is 1.61 bits per heavy atom. The maximum atomic E-state index is 13.5. The molecule has 0 unspecified atom stereocenters. The van der Waals surface area contributed by atoms with Crippen LogP contribution >= 0.6 is 0 Å². The quantitative estimate of drug-likeness (QED) is 0.409. The zero-order valence-corrected chi connectivity index (χ0v) is 17.0. The first-order chi connectivity index (χ1) is 15.7. The standard InChI is InChI=1S/C22H19F3N4O4/c23-22(24,25)16-13-15(27-20(31)18-7-4-12-33-18)8-9-17(16)29-19(30)10-11-26-21(32)28-14-5-2-1-3-6-14/h1-9,12-13H,10-11H2,(H,27,31)(H,29,30)(H2,26,28,32). The lowest BCUT2D eigenvalue weighted by Gasteiger charge is -2.16. The smallest absolute Gasteiger partial charge is 0.418 e. The highest BCUT2D eigenvalue weighted by molar-refractivity contribution is 6.02. The summed E-state index contributed by atoms with van der Waals surface area (Å²) in [6.07, 6.45) is -3.78. The van der Waals surface area contributed by atoms with Crippen LogP contribution in [0.4, 0.5) is 35.0 Å². The van der Waals surface area contributed by atoms with Crippen molar-refractivity contribution in [3.8, 4) is 0 Å². The van der Waals surface area contributed by atoms with Crippen molar-refractivity contribution in [3.63, 3.8) is 0 Å². The SMILES string of the molecule is O=C(CCNC(=O)Nc1ccccc1)Nc1ccc(NC(=O)c2ccco2)cc1C(F)(F)F. The van der Waals surface area contributed by atoms with Crippen molar-refractivity contribution < 1.29 is 32.0 Å². The Bertz CT molecular complexity index is 1120. The first-order valence-corrected chi connectivity index (χ1v) is 9.68. The summed E-state index contributed by atoms with van der Waals surface area (Å²) in [5, 5.41) is 9.49. The number of nitrogens with one attached hydrogen (secondary N) is 4. The lowest BCUT2D eigenvalue weighted by Crippen LogP contribution is -2.31. The Labute approximate surface area is 186 Å². The topological polar surface area (TPSA) is 112 Å². The molecule has 1 aromatic heterocycles. The molecule has 0 aliphatic heterocycles. The highest BCUT2D eigenvalue weighted by Gasteiger charge is 2.34. The van der Waals surface area contributed by atoms with Crippen LogP contribution in [-0.4, -0.2) is 24.4 Å². The van der Waals surface area contributed by atoms with Gasteiger partial charge in [0.15, 0.2) is 5.76 Å². The number of alkyl halides is 3. The zero-order chi connectivity index (χ0) is 23.8. The molecule has 0 aliphatic rings. The largest absolute Gasteiger partial charge is 0.459 e. The maximum absolute atomic E-state index is 13.5. The van der Waals surface area contributed by atoms with E-state index >= 15 is 0 Å². The number of hydrogen-bond acceptors (Lipinski definition) is 4. The minimum Gasteiger partial charge on any atom is -0.459 e. The monoisotopic (exact) mass is 460 g/mol. The fourth-order valence-electron chi connectivity index (χ4n) is 2.77. The van der Waals surface area contributed by atoms with Gasteiger partial charge in [-0.25, -0.2) is 4.79 Å². The molecule has 172 valence electrons. The van der Waals surface area contributed by atoms with E-state index in [1.165, 1.54) is 24.5 Å². The second-order valence-electron chi connectivity index (χ2n) is 6.73. The second kappa shape index (κ2) is 10.4. The average molecular weight is 460 g/mol. The number of urea groups is 1. The van der Waals surface area contributed by atoms with Crippen LogP contribution in [0.1, 0.15) is 22.5 Å². The highest BCUT2D eigenvalue weighted by Crippen LogP contribution is 2.36. The Hall–Kier alpha value is -4.28. The molecule has 0 spiro atoms. The molecule has 3 rings (SSSR count). The van der Waals surface area contributed by atoms with Crippen molar-refractivity contribution in [1.29, 1.82) is 0 Å². The van der Waals surface area contributed by atoms with Crippen LogP contribution in [0.2, 0.25) is 0 Å². The van der Waals surface area contributed by atoms with Crippen LogP contribution in [0, 0.1) is 0 Å². The third kappa shape index (κ3) is 6.86. The summed E-state index contributed by atoms with van der Waals surface area (Å²) in [6.45, 7) is -0.0941. The summed E-state index contributed by atoms with van der Waals surface area (Å²) in [4.78, 5) is 35.9. The highest BCUT2D eigenvalue weighted by atomic mass is 19.4. The molecular weight excluding hydrogens is 441 g/mol. The van der Waals surface area contributed by atoms with Gasteiger partial charge < -0.3 is 25.7 Å². The Balaban J connectivity index is 1.58. The second-order valence-corrected chi connectivity index (χ2v) is 6.73. The van der Waals surface area contributed by atoms with Gasteiger partial charge in [-0.3, -0.25) is 9.59 Å². The molecule has 11 heteroatoms. The number of carbonyl (C=O) groups excluding carboxylic acids is 3. The van der Waals surface area contributed by atoms with Gasteiger partial charge in [0.25, 0.3) is 5.91 Å². The number of benzene rings is 2. The molecule has 33 heavy (non-hydrogen) atoms. The molecule has 0 radical (unpaired) electrons. The van der Waals surface area contributed by atoms with Gasteiger partial charge >= 0.3 is 12.2 Å². The van der Waals surface area contributed by atoms with Crippen LogP contribution in [0.25, 0.3) is 0 Å². The lowest BCUT2D eigenvalue weighted by atomic mass is 10.1. The van der Waals surface area contributed by atoms with Crippen LogP contribution in [-0.2, 0) is 11.0 Å². The molecular formula is C22H19F3N4O4. The van der Waals surface area contributed by atoms with Crippen molar-refractivity contribution >= 4 is 34.9 Å². The molecule has 3 aromatic rings. The van der Waals surface area contributed by atoms with Crippen LogP contribution in [0.5, 0.6) is 0 Å². The van der Waals surface area contributed by atoms with Crippen molar-refractivity contribution in [1.82, 2.24) is 5.32 Å². The van der Waals surface area contributed by atoms with Crippen molar-refractivity contribution in [3.05, 3.63) is 78.3 Å². The summed E-state index contributed by atoms with van der Waals surface area (Å²) >= 11 is 0. The Kier molecular flexibility index (Phi) is 7.34. The summed E-state index contributed by atoms with van der Waals surface area (Å²) < 4.78 is 45.4.